The van der Waals surface area contributed by atoms with Gasteiger partial charge in [0.1, 0.15) is 0 Å². The summed E-state index contributed by atoms with van der Waals surface area (Å²) in [6.45, 7) is 0. The molecule has 5 rings (SSSR count). The molecule has 0 saturated carbocycles. The van der Waals surface area contributed by atoms with Gasteiger partial charge in [0, 0.05) is 0 Å². The van der Waals surface area contributed by atoms with Crippen molar-refractivity contribution >= 4 is 0 Å². The summed E-state index contributed by atoms with van der Waals surface area (Å²) in [5, 5.41) is 0. The van der Waals surface area contributed by atoms with Gasteiger partial charge >= 0.3 is 0 Å². The Hall–Kier alpha value is -0.860. The van der Waals surface area contributed by atoms with E-state index in [0.717, 1.165) is 0 Å². The molecule has 1 aromatic rings. The molecule has 16 heavy (non-hydrogen) atoms. The molecule has 0 N–H and O–H groups in total. The topological polar surface area (TPSA) is 18.5 Å². The Morgan fingerprint density at radius 3 is 1.25 bits per heavy atom. The fraction of sp³-hybridized carbons (Fsp3) is 0.571. The number of benzene rings is 1. The van der Waals surface area contributed by atoms with Crippen LogP contribution in [-0.2, 0) is 9.47 Å². The fourth-order valence-electron chi connectivity index (χ4n) is 3.97. The third kappa shape index (κ3) is 0.802. The molecule has 2 heteroatoms. The summed E-state index contributed by atoms with van der Waals surface area (Å²) >= 11 is 0. The molecule has 0 aromatic heterocycles. The van der Waals surface area contributed by atoms with Crippen molar-refractivity contribution in [3.8, 4) is 0 Å². The van der Waals surface area contributed by atoms with Gasteiger partial charge in [-0.2, -0.15) is 0 Å². The highest BCUT2D eigenvalue weighted by Gasteiger charge is 2.43. The summed E-state index contributed by atoms with van der Waals surface area (Å²) in [6, 6.07) is 4.77. The molecule has 2 fully saturated rings. The lowest BCUT2D eigenvalue weighted by Crippen LogP contribution is -2.04. The van der Waals surface area contributed by atoms with E-state index in [2.05, 4.69) is 12.1 Å². The Kier molecular flexibility index (Phi) is 1.30. The van der Waals surface area contributed by atoms with E-state index in [4.69, 9.17) is 9.47 Å². The predicted octanol–water partition coefficient (Wildman–Crippen LogP) is 3.50. The van der Waals surface area contributed by atoms with Crippen LogP contribution < -0.4 is 0 Å². The van der Waals surface area contributed by atoms with E-state index < -0.39 is 0 Å². The quantitative estimate of drug-likeness (QED) is 0.658. The molecule has 1 aromatic carbocycles. The first-order valence-electron chi connectivity index (χ1n) is 6.39. The van der Waals surface area contributed by atoms with E-state index in [-0.39, 0.29) is 0 Å². The van der Waals surface area contributed by atoms with E-state index in [1.807, 2.05) is 0 Å². The van der Waals surface area contributed by atoms with Gasteiger partial charge in [-0.1, -0.05) is 0 Å². The first kappa shape index (κ1) is 8.26. The first-order valence-corrected chi connectivity index (χ1v) is 6.39. The van der Waals surface area contributed by atoms with Crippen LogP contribution in [0.1, 0.15) is 72.4 Å². The molecular formula is C14H14O2. The van der Waals surface area contributed by atoms with Crippen LogP contribution in [0.25, 0.3) is 0 Å². The summed E-state index contributed by atoms with van der Waals surface area (Å²) in [5.41, 5.74) is 5.86. The maximum atomic E-state index is 5.97. The summed E-state index contributed by atoms with van der Waals surface area (Å²) in [6.07, 6.45) is 6.43. The molecule has 4 heterocycles. The van der Waals surface area contributed by atoms with Crippen LogP contribution in [-0.4, -0.2) is 0 Å². The Balaban J connectivity index is 1.77. The van der Waals surface area contributed by atoms with Crippen LogP contribution in [0.15, 0.2) is 12.1 Å². The second kappa shape index (κ2) is 2.52. The zero-order valence-electron chi connectivity index (χ0n) is 9.11. The average molecular weight is 214 g/mol. The molecule has 4 atom stereocenters. The SMILES string of the molecule is c1c2c(cc3c1[C@H]1CC[C@H]3O1)[C@H]1CC[C@H]2O1. The van der Waals surface area contributed by atoms with Crippen LogP contribution in [0.2, 0.25) is 0 Å². The smallest absolute Gasteiger partial charge is 0.0838 e. The van der Waals surface area contributed by atoms with Crippen molar-refractivity contribution in [1.82, 2.24) is 0 Å². The van der Waals surface area contributed by atoms with Crippen molar-refractivity contribution in [2.24, 2.45) is 0 Å². The average Bonchev–Trinajstić information content (AvgIpc) is 3.07. The van der Waals surface area contributed by atoms with Crippen LogP contribution in [0.4, 0.5) is 0 Å². The first-order chi connectivity index (χ1) is 7.90. The monoisotopic (exact) mass is 214 g/mol. The van der Waals surface area contributed by atoms with Gasteiger partial charge in [0.25, 0.3) is 0 Å². The fourth-order valence-corrected chi connectivity index (χ4v) is 3.97. The molecule has 0 amide bonds. The maximum Gasteiger partial charge on any atom is 0.0838 e. The van der Waals surface area contributed by atoms with Crippen molar-refractivity contribution in [1.29, 1.82) is 0 Å². The minimum absolute atomic E-state index is 0.393. The van der Waals surface area contributed by atoms with Gasteiger partial charge < -0.3 is 9.47 Å². The summed E-state index contributed by atoms with van der Waals surface area (Å²) in [4.78, 5) is 0. The van der Waals surface area contributed by atoms with Crippen LogP contribution in [0.3, 0.4) is 0 Å². The zero-order chi connectivity index (χ0) is 10.3. The molecule has 2 saturated heterocycles. The number of ether oxygens (including phenoxy) is 2. The standard InChI is InChI=1S/C14H14O2/c1-2-12-8-6-10-9(5-7(8)11(1)15-12)13-3-4-14(10)16-13/h5-6,11-14H,1-4H2/t11-,12-,13-,14-/m1/s1. The van der Waals surface area contributed by atoms with Crippen LogP contribution >= 0.6 is 0 Å². The van der Waals surface area contributed by atoms with E-state index >= 15 is 0 Å². The van der Waals surface area contributed by atoms with Gasteiger partial charge in [-0.15, -0.1) is 0 Å². The van der Waals surface area contributed by atoms with Gasteiger partial charge in [0.15, 0.2) is 0 Å². The molecule has 0 unspecified atom stereocenters. The minimum Gasteiger partial charge on any atom is -0.366 e. The molecule has 4 aliphatic heterocycles. The number of fused-ring (bicyclic) bond motifs is 10. The Bertz CT molecular complexity index is 410. The van der Waals surface area contributed by atoms with Gasteiger partial charge in [-0.25, -0.2) is 0 Å². The Morgan fingerprint density at radius 2 is 0.938 bits per heavy atom. The summed E-state index contributed by atoms with van der Waals surface area (Å²) < 4.78 is 11.9. The van der Waals surface area contributed by atoms with E-state index in [1.54, 1.807) is 0 Å². The lowest BCUT2D eigenvalue weighted by molar-refractivity contribution is 0.0678. The molecule has 0 spiro atoms. The predicted molar refractivity (Wildman–Crippen MR) is 58.0 cm³/mol. The van der Waals surface area contributed by atoms with Crippen molar-refractivity contribution in [2.45, 2.75) is 50.1 Å². The third-order valence-corrected chi connectivity index (χ3v) is 4.72. The van der Waals surface area contributed by atoms with Gasteiger partial charge in [-0.05, 0) is 60.1 Å². The highest BCUT2D eigenvalue weighted by Crippen LogP contribution is 2.56. The van der Waals surface area contributed by atoms with Gasteiger partial charge in [0.05, 0.1) is 24.4 Å². The van der Waals surface area contributed by atoms with E-state index in [1.165, 1.54) is 47.9 Å². The molecule has 0 aliphatic carbocycles. The molecule has 4 bridgehead atoms. The Labute approximate surface area is 94.6 Å². The normalized spacial score (nSPS) is 41.5. The largest absolute Gasteiger partial charge is 0.366 e. The molecule has 2 nitrogen and oxygen atoms in total. The Morgan fingerprint density at radius 1 is 0.625 bits per heavy atom. The molecule has 4 aliphatic rings. The molecule has 82 valence electrons. The van der Waals surface area contributed by atoms with Crippen molar-refractivity contribution in [3.63, 3.8) is 0 Å². The highest BCUT2D eigenvalue weighted by atomic mass is 16.5. The second-order valence-corrected chi connectivity index (χ2v) is 5.49. The lowest BCUT2D eigenvalue weighted by Gasteiger charge is -2.17. The van der Waals surface area contributed by atoms with E-state index in [0.29, 0.717) is 24.4 Å². The number of hydrogen-bond donors (Lipinski definition) is 0. The van der Waals surface area contributed by atoms with Crippen molar-refractivity contribution < 1.29 is 9.47 Å². The number of hydrogen-bond acceptors (Lipinski definition) is 2. The van der Waals surface area contributed by atoms with Crippen molar-refractivity contribution in [2.75, 3.05) is 0 Å². The second-order valence-electron chi connectivity index (χ2n) is 5.49. The van der Waals surface area contributed by atoms with Gasteiger partial charge in [-0.3, -0.25) is 0 Å². The zero-order valence-corrected chi connectivity index (χ0v) is 9.11. The highest BCUT2D eigenvalue weighted by molar-refractivity contribution is 5.48. The lowest BCUT2D eigenvalue weighted by atomic mass is 9.83. The summed E-state index contributed by atoms with van der Waals surface area (Å²) in [5.74, 6) is 0. The van der Waals surface area contributed by atoms with E-state index in [9.17, 15) is 0 Å². The molecular weight excluding hydrogens is 200 g/mol. The third-order valence-electron chi connectivity index (χ3n) is 4.72. The van der Waals surface area contributed by atoms with Gasteiger partial charge in [0.2, 0.25) is 0 Å². The van der Waals surface area contributed by atoms with Crippen LogP contribution in [0, 0.1) is 0 Å². The van der Waals surface area contributed by atoms with Crippen LogP contribution in [0.5, 0.6) is 0 Å². The maximum absolute atomic E-state index is 5.97. The summed E-state index contributed by atoms with van der Waals surface area (Å²) in [7, 11) is 0. The number of rotatable bonds is 0. The molecule has 0 radical (unpaired) electrons. The van der Waals surface area contributed by atoms with Crippen molar-refractivity contribution in [3.05, 3.63) is 34.4 Å². The minimum atomic E-state index is 0.393.